The molecule has 0 atom stereocenters. The first-order valence-corrected chi connectivity index (χ1v) is 22.6. The van der Waals surface area contributed by atoms with E-state index in [0.29, 0.717) is 0 Å². The molecule has 1 nitrogen and oxygen atoms in total. The third-order valence-electron chi connectivity index (χ3n) is 11.4. The molecule has 0 N–H and O–H groups in total. The number of hydrogen-bond donors (Lipinski definition) is 0. The average molecular weight is 839 g/mol. The largest absolute Gasteiger partial charge is 0.456 e. The van der Waals surface area contributed by atoms with E-state index in [1.807, 2.05) is 0 Å². The van der Waals surface area contributed by atoms with Crippen LogP contribution in [0.15, 0.2) is 194 Å². The van der Waals surface area contributed by atoms with Crippen molar-refractivity contribution in [3.63, 3.8) is 0 Å². The summed E-state index contributed by atoms with van der Waals surface area (Å²) in [5.41, 5.74) is 15.7. The number of aryl methyl sites for hydroxylation is 2. The molecule has 0 heterocycles. The molecule has 0 saturated heterocycles. The summed E-state index contributed by atoms with van der Waals surface area (Å²) in [7, 11) is 0. The van der Waals surface area contributed by atoms with Crippen LogP contribution in [-0.2, 0) is 12.8 Å². The van der Waals surface area contributed by atoms with E-state index in [1.54, 1.807) is 0 Å². The number of benzene rings is 8. The minimum absolute atomic E-state index is 0.792. The van der Waals surface area contributed by atoms with Crippen molar-refractivity contribution in [2.24, 2.45) is 0 Å². The number of hydrogen-bond acceptors (Lipinski definition) is 1. The highest BCUT2D eigenvalue weighted by Crippen LogP contribution is 2.41. The van der Waals surface area contributed by atoms with Crippen molar-refractivity contribution in [1.82, 2.24) is 0 Å². The van der Waals surface area contributed by atoms with Crippen molar-refractivity contribution in [2.45, 2.75) is 26.7 Å². The summed E-state index contributed by atoms with van der Waals surface area (Å²) in [5.74, 6) is 1.58. The normalized spacial score (nSPS) is 11.9. The molecular formula is C64H54O. The zero-order valence-corrected chi connectivity index (χ0v) is 37.2. The second-order valence-corrected chi connectivity index (χ2v) is 15.8. The fraction of sp³-hybridized carbons (Fsp3) is 0.0625. The van der Waals surface area contributed by atoms with Crippen LogP contribution in [0.5, 0.6) is 11.5 Å². The Labute approximate surface area is 386 Å². The Morgan fingerprint density at radius 3 is 0.708 bits per heavy atom. The zero-order valence-electron chi connectivity index (χ0n) is 37.2. The van der Waals surface area contributed by atoms with Crippen LogP contribution in [0.4, 0.5) is 0 Å². The van der Waals surface area contributed by atoms with Gasteiger partial charge in [0, 0.05) is 11.1 Å². The molecule has 0 bridgehead atoms. The van der Waals surface area contributed by atoms with Crippen molar-refractivity contribution in [3.05, 3.63) is 272 Å². The molecule has 0 spiro atoms. The fourth-order valence-electron chi connectivity index (χ4n) is 7.96. The maximum Gasteiger partial charge on any atom is 0.135 e. The molecule has 0 saturated carbocycles. The van der Waals surface area contributed by atoms with E-state index in [1.165, 1.54) is 11.1 Å². The fourth-order valence-corrected chi connectivity index (χ4v) is 7.96. The van der Waals surface area contributed by atoms with Crippen LogP contribution in [0.25, 0.3) is 72.9 Å². The SMILES string of the molecule is CCc1cc(Oc2cc(CC)c(C=Cc3ccccc3)c(C=Cc3ccccc3)c2C=Cc2ccccc2)c(C=Cc2ccccc2)c(C=Cc2ccccc2)c1C=Cc1ccccc1. The monoisotopic (exact) mass is 838 g/mol. The second-order valence-electron chi connectivity index (χ2n) is 15.8. The van der Waals surface area contributed by atoms with Gasteiger partial charge in [0.15, 0.2) is 0 Å². The molecule has 8 aromatic rings. The quantitative estimate of drug-likeness (QED) is 0.0881. The Kier molecular flexibility index (Phi) is 15.0. The van der Waals surface area contributed by atoms with Gasteiger partial charge in [-0.3, -0.25) is 0 Å². The first-order valence-electron chi connectivity index (χ1n) is 22.6. The Bertz CT molecular complexity index is 2750. The van der Waals surface area contributed by atoms with Gasteiger partial charge in [0.05, 0.1) is 0 Å². The molecule has 8 rings (SSSR count). The van der Waals surface area contributed by atoms with Crippen LogP contribution in [-0.4, -0.2) is 0 Å². The standard InChI is InChI=1S/C64H54O/c1-3-55-47-63(61(45-39-53-31-19-9-20-32-53)59(43-37-51-27-15-7-16-28-51)57(55)41-35-49-23-11-5-12-24-49)65-64-48-56(4-2)58(42-36-50-25-13-6-14-26-50)60(44-38-52-29-17-8-18-30-52)62(64)46-40-54-33-21-10-22-34-54/h5-48H,3-4H2,1-2H3. The Morgan fingerprint density at radius 2 is 0.477 bits per heavy atom. The lowest BCUT2D eigenvalue weighted by atomic mass is 9.90. The van der Waals surface area contributed by atoms with Gasteiger partial charge in [-0.1, -0.05) is 269 Å². The van der Waals surface area contributed by atoms with Crippen molar-refractivity contribution in [2.75, 3.05) is 0 Å². The highest BCUT2D eigenvalue weighted by Gasteiger charge is 2.20. The van der Waals surface area contributed by atoms with Crippen LogP contribution in [0.3, 0.4) is 0 Å². The Hall–Kier alpha value is -8.00. The van der Waals surface area contributed by atoms with E-state index in [0.717, 1.165) is 91.1 Å². The Morgan fingerprint density at radius 1 is 0.262 bits per heavy atom. The highest BCUT2D eigenvalue weighted by molar-refractivity contribution is 5.91. The van der Waals surface area contributed by atoms with Gasteiger partial charge < -0.3 is 4.74 Å². The third kappa shape index (κ3) is 11.7. The van der Waals surface area contributed by atoms with E-state index in [-0.39, 0.29) is 0 Å². The second kappa shape index (κ2) is 22.4. The van der Waals surface area contributed by atoms with E-state index in [4.69, 9.17) is 4.74 Å². The van der Waals surface area contributed by atoms with Crippen LogP contribution < -0.4 is 4.74 Å². The number of rotatable bonds is 16. The lowest BCUT2D eigenvalue weighted by Gasteiger charge is -2.21. The van der Waals surface area contributed by atoms with Gasteiger partial charge >= 0.3 is 0 Å². The lowest BCUT2D eigenvalue weighted by molar-refractivity contribution is 0.479. The van der Waals surface area contributed by atoms with Crippen molar-refractivity contribution in [1.29, 1.82) is 0 Å². The number of ether oxygens (including phenoxy) is 1. The van der Waals surface area contributed by atoms with Gasteiger partial charge in [-0.15, -0.1) is 0 Å². The van der Waals surface area contributed by atoms with Gasteiger partial charge in [0.25, 0.3) is 0 Å². The molecule has 316 valence electrons. The van der Waals surface area contributed by atoms with Crippen molar-refractivity contribution >= 4 is 72.9 Å². The first-order chi connectivity index (χ1) is 32.1. The van der Waals surface area contributed by atoms with Gasteiger partial charge in [-0.25, -0.2) is 0 Å². The lowest BCUT2D eigenvalue weighted by Crippen LogP contribution is -2.02. The molecule has 0 aliphatic rings. The summed E-state index contributed by atoms with van der Waals surface area (Å²) in [6.45, 7) is 4.46. The summed E-state index contributed by atoms with van der Waals surface area (Å²) in [5, 5.41) is 0. The molecule has 8 aromatic carbocycles. The Balaban J connectivity index is 1.39. The van der Waals surface area contributed by atoms with Crippen LogP contribution in [0, 0.1) is 0 Å². The van der Waals surface area contributed by atoms with Crippen LogP contribution in [0.1, 0.15) is 91.7 Å². The highest BCUT2D eigenvalue weighted by atomic mass is 16.5. The van der Waals surface area contributed by atoms with Crippen molar-refractivity contribution in [3.8, 4) is 11.5 Å². The minimum Gasteiger partial charge on any atom is -0.456 e. The topological polar surface area (TPSA) is 9.23 Å². The van der Waals surface area contributed by atoms with Gasteiger partial charge in [0.1, 0.15) is 11.5 Å². The molecule has 0 aliphatic heterocycles. The molecule has 0 radical (unpaired) electrons. The summed E-state index contributed by atoms with van der Waals surface area (Å²) in [6.07, 6.45) is 28.4. The average Bonchev–Trinajstić information content (AvgIpc) is 3.37. The van der Waals surface area contributed by atoms with E-state index < -0.39 is 0 Å². The molecule has 0 aliphatic carbocycles. The van der Waals surface area contributed by atoms with Gasteiger partial charge in [0.2, 0.25) is 0 Å². The van der Waals surface area contributed by atoms with E-state index >= 15 is 0 Å². The first kappa shape index (κ1) is 43.6. The molecule has 0 fully saturated rings. The molecule has 65 heavy (non-hydrogen) atoms. The maximum atomic E-state index is 7.51. The molecule has 0 amide bonds. The summed E-state index contributed by atoms with van der Waals surface area (Å²) >= 11 is 0. The van der Waals surface area contributed by atoms with Crippen LogP contribution in [0.2, 0.25) is 0 Å². The predicted molar refractivity (Wildman–Crippen MR) is 284 cm³/mol. The maximum absolute atomic E-state index is 7.51. The van der Waals surface area contributed by atoms with Crippen LogP contribution >= 0.6 is 0 Å². The third-order valence-corrected chi connectivity index (χ3v) is 11.4. The summed E-state index contributed by atoms with van der Waals surface area (Å²) < 4.78 is 7.51. The molecule has 0 aromatic heterocycles. The molecular weight excluding hydrogens is 785 g/mol. The van der Waals surface area contributed by atoms with E-state index in [9.17, 15) is 0 Å². The summed E-state index contributed by atoms with van der Waals surface area (Å²) in [6, 6.07) is 67.6. The molecule has 0 unspecified atom stereocenters. The van der Waals surface area contributed by atoms with E-state index in [2.05, 4.69) is 281 Å². The summed E-state index contributed by atoms with van der Waals surface area (Å²) in [4.78, 5) is 0. The van der Waals surface area contributed by atoms with Gasteiger partial charge in [-0.2, -0.15) is 0 Å². The van der Waals surface area contributed by atoms with Crippen molar-refractivity contribution < 1.29 is 4.74 Å². The zero-order chi connectivity index (χ0) is 44.5. The predicted octanol–water partition coefficient (Wildman–Crippen LogP) is 17.6. The smallest absolute Gasteiger partial charge is 0.135 e. The molecule has 1 heteroatoms. The minimum atomic E-state index is 0.792. The van der Waals surface area contributed by atoms with Gasteiger partial charge in [-0.05, 0) is 91.7 Å².